The molecule has 0 bridgehead atoms. The van der Waals surface area contributed by atoms with Crippen LogP contribution in [0.15, 0.2) is 6.07 Å². The number of nitriles is 2. The summed E-state index contributed by atoms with van der Waals surface area (Å²) in [5.74, 6) is 0. The zero-order chi connectivity index (χ0) is 11.4. The molecule has 1 rings (SSSR count). The molecule has 0 unspecified atom stereocenters. The number of alkyl halides is 2. The number of rotatable bonds is 2. The molecule has 1 aromatic heterocycles. The van der Waals surface area contributed by atoms with Gasteiger partial charge >= 0.3 is 0 Å². The molecule has 0 atom stereocenters. The van der Waals surface area contributed by atoms with Gasteiger partial charge in [-0.15, -0.1) is 0 Å². The lowest BCUT2D eigenvalue weighted by molar-refractivity contribution is 0.149. The number of aromatic nitrogens is 1. The maximum Gasteiger partial charge on any atom is 0.266 e. The highest BCUT2D eigenvalue weighted by Crippen LogP contribution is 2.26. The van der Waals surface area contributed by atoms with Gasteiger partial charge in [0.2, 0.25) is 0 Å². The van der Waals surface area contributed by atoms with Crippen molar-refractivity contribution in [2.75, 3.05) is 0 Å². The quantitative estimate of drug-likeness (QED) is 0.747. The van der Waals surface area contributed by atoms with Crippen molar-refractivity contribution in [2.45, 2.75) is 19.8 Å². The molecule has 0 aromatic carbocycles. The summed E-state index contributed by atoms with van der Waals surface area (Å²) in [4.78, 5) is 3.71. The number of hydrogen-bond acceptors (Lipinski definition) is 3. The van der Waals surface area contributed by atoms with Gasteiger partial charge in [-0.05, 0) is 18.6 Å². The minimum absolute atomic E-state index is 0.141. The fourth-order valence-electron chi connectivity index (χ4n) is 1.31. The molecule has 0 spiro atoms. The summed E-state index contributed by atoms with van der Waals surface area (Å²) < 4.78 is 25.3. The Balaban J connectivity index is 3.43. The highest BCUT2D eigenvalue weighted by Gasteiger charge is 2.19. The van der Waals surface area contributed by atoms with Crippen molar-refractivity contribution >= 4 is 0 Å². The van der Waals surface area contributed by atoms with Crippen molar-refractivity contribution < 1.29 is 8.78 Å². The van der Waals surface area contributed by atoms with E-state index in [1.54, 1.807) is 19.1 Å². The third-order valence-corrected chi connectivity index (χ3v) is 1.87. The lowest BCUT2D eigenvalue weighted by Crippen LogP contribution is -2.02. The molecule has 0 aliphatic carbocycles. The first-order valence-corrected chi connectivity index (χ1v) is 4.15. The third-order valence-electron chi connectivity index (χ3n) is 1.87. The second-order valence-electron chi connectivity index (χ2n) is 2.93. The Morgan fingerprint density at radius 1 is 1.47 bits per heavy atom. The van der Waals surface area contributed by atoms with Crippen LogP contribution in [0.4, 0.5) is 8.78 Å². The van der Waals surface area contributed by atoms with E-state index in [0.717, 1.165) is 0 Å². The van der Waals surface area contributed by atoms with E-state index in [1.807, 2.05) is 0 Å². The van der Waals surface area contributed by atoms with Crippen LogP contribution in [0.5, 0.6) is 0 Å². The molecule has 15 heavy (non-hydrogen) atoms. The maximum absolute atomic E-state index is 12.6. The normalized spacial score (nSPS) is 9.73. The second-order valence-corrected chi connectivity index (χ2v) is 2.93. The standard InChI is InChI=1S/C10H7F2N3/c1-6-4-7(2-3-13)9(10(11)12)8(5-14)15-6/h4,10H,2H2,1H3. The van der Waals surface area contributed by atoms with E-state index in [-0.39, 0.29) is 17.7 Å². The molecule has 0 fully saturated rings. The summed E-state index contributed by atoms with van der Waals surface area (Å²) in [6.07, 6.45) is -2.92. The molecule has 0 N–H and O–H groups in total. The fourth-order valence-corrected chi connectivity index (χ4v) is 1.31. The predicted molar refractivity (Wildman–Crippen MR) is 48.0 cm³/mol. The molecule has 0 aliphatic rings. The molecule has 1 aromatic rings. The number of pyridine rings is 1. The molecular weight excluding hydrogens is 200 g/mol. The van der Waals surface area contributed by atoms with Crippen molar-refractivity contribution in [1.82, 2.24) is 4.98 Å². The smallest absolute Gasteiger partial charge is 0.242 e. The molecule has 3 nitrogen and oxygen atoms in total. The zero-order valence-corrected chi connectivity index (χ0v) is 7.96. The minimum atomic E-state index is -2.78. The van der Waals surface area contributed by atoms with Gasteiger partial charge in [0.15, 0.2) is 0 Å². The molecule has 76 valence electrons. The van der Waals surface area contributed by atoms with E-state index in [9.17, 15) is 8.78 Å². The van der Waals surface area contributed by atoms with Gasteiger partial charge in [0.25, 0.3) is 6.43 Å². The monoisotopic (exact) mass is 207 g/mol. The van der Waals surface area contributed by atoms with Crippen molar-refractivity contribution in [2.24, 2.45) is 0 Å². The first-order chi connectivity index (χ1) is 7.10. The molecule has 0 saturated carbocycles. The fraction of sp³-hybridized carbons (Fsp3) is 0.300. The Kier molecular flexibility index (Phi) is 3.30. The summed E-state index contributed by atoms with van der Waals surface area (Å²) in [5, 5.41) is 17.1. The molecular formula is C10H7F2N3. The van der Waals surface area contributed by atoms with Crippen LogP contribution in [-0.4, -0.2) is 4.98 Å². The van der Waals surface area contributed by atoms with Crippen molar-refractivity contribution in [3.63, 3.8) is 0 Å². The van der Waals surface area contributed by atoms with E-state index in [0.29, 0.717) is 5.69 Å². The SMILES string of the molecule is Cc1cc(CC#N)c(C(F)F)c(C#N)n1. The Bertz CT molecular complexity index is 455. The van der Waals surface area contributed by atoms with Gasteiger partial charge in [-0.2, -0.15) is 10.5 Å². The highest BCUT2D eigenvalue weighted by atomic mass is 19.3. The maximum atomic E-state index is 12.6. The number of nitrogens with zero attached hydrogens (tertiary/aromatic N) is 3. The molecule has 0 saturated heterocycles. The molecule has 0 aliphatic heterocycles. The number of halogens is 2. The summed E-state index contributed by atoms with van der Waals surface area (Å²) >= 11 is 0. The zero-order valence-electron chi connectivity index (χ0n) is 7.96. The van der Waals surface area contributed by atoms with Crippen LogP contribution in [0, 0.1) is 29.6 Å². The summed E-state index contributed by atoms with van der Waals surface area (Å²) in [6, 6.07) is 4.81. The highest BCUT2D eigenvalue weighted by molar-refractivity contribution is 5.41. The van der Waals surface area contributed by atoms with Gasteiger partial charge in [0.05, 0.1) is 18.1 Å². The van der Waals surface area contributed by atoms with E-state index in [4.69, 9.17) is 10.5 Å². The van der Waals surface area contributed by atoms with Crippen LogP contribution in [-0.2, 0) is 6.42 Å². The number of aryl methyl sites for hydroxylation is 1. The van der Waals surface area contributed by atoms with Gasteiger partial charge in [0.1, 0.15) is 11.8 Å². The minimum Gasteiger partial charge on any atom is -0.242 e. The van der Waals surface area contributed by atoms with E-state index >= 15 is 0 Å². The third kappa shape index (κ3) is 2.26. The topological polar surface area (TPSA) is 60.5 Å². The average Bonchev–Trinajstić information content (AvgIpc) is 2.16. The first-order valence-electron chi connectivity index (χ1n) is 4.15. The van der Waals surface area contributed by atoms with E-state index < -0.39 is 12.0 Å². The Labute approximate surface area is 85.6 Å². The Hall–Kier alpha value is -2.01. The lowest BCUT2D eigenvalue weighted by atomic mass is 10.0. The average molecular weight is 207 g/mol. The van der Waals surface area contributed by atoms with Crippen LogP contribution in [0.2, 0.25) is 0 Å². The van der Waals surface area contributed by atoms with Crippen molar-refractivity contribution in [1.29, 1.82) is 10.5 Å². The Morgan fingerprint density at radius 3 is 2.60 bits per heavy atom. The Morgan fingerprint density at radius 2 is 2.13 bits per heavy atom. The molecule has 0 radical (unpaired) electrons. The first kappa shape index (κ1) is 11.1. The van der Waals surface area contributed by atoms with Crippen LogP contribution >= 0.6 is 0 Å². The van der Waals surface area contributed by atoms with Crippen LogP contribution in [0.3, 0.4) is 0 Å². The second kappa shape index (κ2) is 4.47. The summed E-state index contributed by atoms with van der Waals surface area (Å²) in [6.45, 7) is 1.59. The number of hydrogen-bond donors (Lipinski definition) is 0. The van der Waals surface area contributed by atoms with E-state index in [2.05, 4.69) is 4.98 Å². The largest absolute Gasteiger partial charge is 0.266 e. The van der Waals surface area contributed by atoms with Crippen LogP contribution < -0.4 is 0 Å². The van der Waals surface area contributed by atoms with Crippen LogP contribution in [0.25, 0.3) is 0 Å². The van der Waals surface area contributed by atoms with Gasteiger partial charge in [-0.25, -0.2) is 13.8 Å². The summed E-state index contributed by atoms with van der Waals surface area (Å²) in [5.41, 5.74) is -0.0855. The summed E-state index contributed by atoms with van der Waals surface area (Å²) in [7, 11) is 0. The van der Waals surface area contributed by atoms with Gasteiger partial charge in [-0.1, -0.05) is 0 Å². The lowest BCUT2D eigenvalue weighted by Gasteiger charge is -2.08. The van der Waals surface area contributed by atoms with Gasteiger partial charge in [0, 0.05) is 5.69 Å². The van der Waals surface area contributed by atoms with Gasteiger partial charge in [-0.3, -0.25) is 0 Å². The van der Waals surface area contributed by atoms with Gasteiger partial charge < -0.3 is 0 Å². The predicted octanol–water partition coefficient (Wildman–Crippen LogP) is 2.27. The van der Waals surface area contributed by atoms with Crippen LogP contribution in [0.1, 0.15) is 28.9 Å². The van der Waals surface area contributed by atoms with E-state index in [1.165, 1.54) is 6.07 Å². The molecule has 0 amide bonds. The van der Waals surface area contributed by atoms with Crippen molar-refractivity contribution in [3.8, 4) is 12.1 Å². The molecule has 1 heterocycles. The van der Waals surface area contributed by atoms with Crippen molar-refractivity contribution in [3.05, 3.63) is 28.6 Å². The molecule has 5 heteroatoms.